The van der Waals surface area contributed by atoms with Gasteiger partial charge in [0.15, 0.2) is 5.16 Å². The van der Waals surface area contributed by atoms with Gasteiger partial charge in [0.2, 0.25) is 5.91 Å². The molecule has 0 saturated heterocycles. The number of thioether (sulfide) groups is 1. The van der Waals surface area contributed by atoms with Gasteiger partial charge in [-0.25, -0.2) is 0 Å². The van der Waals surface area contributed by atoms with Gasteiger partial charge in [0.25, 0.3) is 0 Å². The van der Waals surface area contributed by atoms with Gasteiger partial charge in [0.1, 0.15) is 11.6 Å². The van der Waals surface area contributed by atoms with Crippen LogP contribution in [0.1, 0.15) is 23.9 Å². The van der Waals surface area contributed by atoms with Crippen LogP contribution in [-0.2, 0) is 17.8 Å². The number of thiophene rings is 1. The summed E-state index contributed by atoms with van der Waals surface area (Å²) in [6.45, 7) is 3.19. The first-order chi connectivity index (χ1) is 16.1. The predicted octanol–water partition coefficient (Wildman–Crippen LogP) is 5.07. The maximum Gasteiger partial charge on any atom is 0.233 e. The van der Waals surface area contributed by atoms with Crippen molar-refractivity contribution in [3.63, 3.8) is 0 Å². The number of aromatic nitrogens is 3. The summed E-state index contributed by atoms with van der Waals surface area (Å²) < 4.78 is 7.61. The molecule has 4 aromatic rings. The third kappa shape index (κ3) is 6.03. The van der Waals surface area contributed by atoms with Crippen molar-refractivity contribution in [2.75, 3.05) is 19.4 Å². The molecule has 6 nitrogen and oxygen atoms in total. The summed E-state index contributed by atoms with van der Waals surface area (Å²) >= 11 is 3.04. The lowest BCUT2D eigenvalue weighted by Gasteiger charge is -2.16. The molecular formula is C25H26N4O2S2. The average molecular weight is 479 g/mol. The van der Waals surface area contributed by atoms with Crippen molar-refractivity contribution in [1.29, 1.82) is 0 Å². The smallest absolute Gasteiger partial charge is 0.233 e. The van der Waals surface area contributed by atoms with Gasteiger partial charge < -0.3 is 9.64 Å². The van der Waals surface area contributed by atoms with Crippen molar-refractivity contribution in [2.24, 2.45) is 0 Å². The number of hydrogen-bond acceptors (Lipinski definition) is 6. The quantitative estimate of drug-likeness (QED) is 0.298. The second kappa shape index (κ2) is 11.2. The number of benzene rings is 2. The average Bonchev–Trinajstić information content (AvgIpc) is 3.49. The zero-order valence-corrected chi connectivity index (χ0v) is 20.3. The molecule has 0 saturated carbocycles. The van der Waals surface area contributed by atoms with E-state index in [1.54, 1.807) is 16.2 Å². The molecule has 2 aromatic heterocycles. The van der Waals surface area contributed by atoms with Crippen LogP contribution >= 0.6 is 23.1 Å². The van der Waals surface area contributed by atoms with E-state index in [4.69, 9.17) is 4.74 Å². The minimum atomic E-state index is 0.0528. The standard InChI is InChI=1S/C25H26N4O2S2/c1-3-31-22-11-9-21(10-12-22)29-23(15-19-7-5-4-6-8-19)26-27-25(29)33-18-24(30)28(2)16-20-13-14-32-17-20/h4-14,17H,3,15-16,18H2,1-2H3. The van der Waals surface area contributed by atoms with Gasteiger partial charge in [0.05, 0.1) is 12.4 Å². The van der Waals surface area contributed by atoms with E-state index in [2.05, 4.69) is 27.7 Å². The molecule has 0 aliphatic rings. The van der Waals surface area contributed by atoms with Crippen LogP contribution in [-0.4, -0.2) is 45.0 Å². The Balaban J connectivity index is 1.54. The highest BCUT2D eigenvalue weighted by Crippen LogP contribution is 2.25. The summed E-state index contributed by atoms with van der Waals surface area (Å²) in [5, 5.41) is 13.7. The van der Waals surface area contributed by atoms with E-state index < -0.39 is 0 Å². The third-order valence-corrected chi connectivity index (χ3v) is 6.71. The van der Waals surface area contributed by atoms with Crippen LogP contribution in [0.2, 0.25) is 0 Å². The molecular weight excluding hydrogens is 452 g/mol. The van der Waals surface area contributed by atoms with Crippen molar-refractivity contribution in [2.45, 2.75) is 25.0 Å². The summed E-state index contributed by atoms with van der Waals surface area (Å²) in [5.41, 5.74) is 3.24. The van der Waals surface area contributed by atoms with E-state index in [1.165, 1.54) is 11.8 Å². The first-order valence-electron chi connectivity index (χ1n) is 10.7. The van der Waals surface area contributed by atoms with Gasteiger partial charge in [-0.1, -0.05) is 42.1 Å². The summed E-state index contributed by atoms with van der Waals surface area (Å²) in [5.74, 6) is 1.99. The van der Waals surface area contributed by atoms with Gasteiger partial charge in [-0.2, -0.15) is 11.3 Å². The molecule has 0 radical (unpaired) electrons. The molecule has 33 heavy (non-hydrogen) atoms. The molecule has 0 aliphatic carbocycles. The molecule has 1 amide bonds. The number of nitrogens with zero attached hydrogens (tertiary/aromatic N) is 4. The Labute approximate surface area is 202 Å². The van der Waals surface area contributed by atoms with E-state index >= 15 is 0 Å². The Hall–Kier alpha value is -3.10. The predicted molar refractivity (Wildman–Crippen MR) is 133 cm³/mol. The number of carbonyl (C=O) groups is 1. The number of carbonyl (C=O) groups excluding carboxylic acids is 1. The third-order valence-electron chi connectivity index (χ3n) is 5.06. The second-order valence-corrected chi connectivity index (χ2v) is 9.22. The molecule has 0 bridgehead atoms. The molecule has 2 heterocycles. The van der Waals surface area contributed by atoms with E-state index in [9.17, 15) is 4.79 Å². The van der Waals surface area contributed by atoms with E-state index in [1.807, 2.05) is 72.4 Å². The van der Waals surface area contributed by atoms with Gasteiger partial charge in [-0.05, 0) is 59.1 Å². The number of ether oxygens (including phenoxy) is 1. The van der Waals surface area contributed by atoms with E-state index in [-0.39, 0.29) is 5.91 Å². The topological polar surface area (TPSA) is 60.2 Å². The lowest BCUT2D eigenvalue weighted by molar-refractivity contribution is -0.127. The van der Waals surface area contributed by atoms with Crippen molar-refractivity contribution in [3.8, 4) is 11.4 Å². The van der Waals surface area contributed by atoms with Gasteiger partial charge >= 0.3 is 0 Å². The van der Waals surface area contributed by atoms with E-state index in [0.29, 0.717) is 30.5 Å². The van der Waals surface area contributed by atoms with Crippen molar-refractivity contribution < 1.29 is 9.53 Å². The Morgan fingerprint density at radius 2 is 1.85 bits per heavy atom. The Kier molecular flexibility index (Phi) is 7.80. The normalized spacial score (nSPS) is 10.8. The fourth-order valence-electron chi connectivity index (χ4n) is 3.39. The molecule has 0 aliphatic heterocycles. The van der Waals surface area contributed by atoms with Crippen LogP contribution < -0.4 is 4.74 Å². The zero-order chi connectivity index (χ0) is 23.0. The summed E-state index contributed by atoms with van der Waals surface area (Å²) in [4.78, 5) is 14.5. The van der Waals surface area contributed by atoms with Gasteiger partial charge in [-0.3, -0.25) is 9.36 Å². The van der Waals surface area contributed by atoms with E-state index in [0.717, 1.165) is 28.4 Å². The molecule has 0 atom stereocenters. The SMILES string of the molecule is CCOc1ccc(-n2c(Cc3ccccc3)nnc2SCC(=O)N(C)Cc2ccsc2)cc1. The lowest BCUT2D eigenvalue weighted by Crippen LogP contribution is -2.27. The minimum Gasteiger partial charge on any atom is -0.494 e. The van der Waals surface area contributed by atoms with Crippen LogP contribution in [0.25, 0.3) is 5.69 Å². The highest BCUT2D eigenvalue weighted by molar-refractivity contribution is 7.99. The first kappa shape index (κ1) is 23.1. The van der Waals surface area contributed by atoms with Gasteiger partial charge in [0, 0.05) is 25.7 Å². The van der Waals surface area contributed by atoms with Crippen LogP contribution in [0.5, 0.6) is 5.75 Å². The Morgan fingerprint density at radius 1 is 1.06 bits per heavy atom. The number of amides is 1. The monoisotopic (exact) mass is 478 g/mol. The maximum atomic E-state index is 12.7. The highest BCUT2D eigenvalue weighted by Gasteiger charge is 2.18. The molecule has 4 rings (SSSR count). The molecule has 0 spiro atoms. The first-order valence-corrected chi connectivity index (χ1v) is 12.7. The molecule has 2 aromatic carbocycles. The Morgan fingerprint density at radius 3 is 2.55 bits per heavy atom. The number of hydrogen-bond donors (Lipinski definition) is 0. The summed E-state index contributed by atoms with van der Waals surface area (Å²) in [6, 6.07) is 20.1. The summed E-state index contributed by atoms with van der Waals surface area (Å²) in [7, 11) is 1.83. The fourth-order valence-corrected chi connectivity index (χ4v) is 4.96. The Bertz CT molecular complexity index is 1160. The summed E-state index contributed by atoms with van der Waals surface area (Å²) in [6.07, 6.45) is 0.646. The van der Waals surface area contributed by atoms with Crippen LogP contribution in [0.3, 0.4) is 0 Å². The van der Waals surface area contributed by atoms with Crippen LogP contribution in [0, 0.1) is 0 Å². The maximum absolute atomic E-state index is 12.7. The van der Waals surface area contributed by atoms with Crippen molar-refractivity contribution in [3.05, 3.63) is 88.4 Å². The molecule has 170 valence electrons. The minimum absolute atomic E-state index is 0.0528. The van der Waals surface area contributed by atoms with Crippen LogP contribution in [0.4, 0.5) is 0 Å². The van der Waals surface area contributed by atoms with Crippen molar-refractivity contribution >= 4 is 29.0 Å². The molecule has 0 unspecified atom stereocenters. The highest BCUT2D eigenvalue weighted by atomic mass is 32.2. The molecule has 0 N–H and O–H groups in total. The van der Waals surface area contributed by atoms with Crippen LogP contribution in [0.15, 0.2) is 76.6 Å². The van der Waals surface area contributed by atoms with Gasteiger partial charge in [-0.15, -0.1) is 10.2 Å². The fraction of sp³-hybridized carbons (Fsp3) is 0.240. The second-order valence-electron chi connectivity index (χ2n) is 7.49. The lowest BCUT2D eigenvalue weighted by atomic mass is 10.1. The number of rotatable bonds is 10. The largest absolute Gasteiger partial charge is 0.494 e. The van der Waals surface area contributed by atoms with Crippen molar-refractivity contribution in [1.82, 2.24) is 19.7 Å². The molecule has 8 heteroatoms. The molecule has 0 fully saturated rings. The zero-order valence-electron chi connectivity index (χ0n) is 18.7.